The molecule has 0 amide bonds. The highest BCUT2D eigenvalue weighted by Gasteiger charge is 2.56. The van der Waals surface area contributed by atoms with Crippen molar-refractivity contribution in [2.75, 3.05) is 49.6 Å². The molecule has 6 rings (SSSR count). The van der Waals surface area contributed by atoms with Gasteiger partial charge in [0.25, 0.3) is 0 Å². The van der Waals surface area contributed by atoms with Gasteiger partial charge in [-0.25, -0.2) is 9.37 Å². The molecule has 2 aromatic carbocycles. The second kappa shape index (κ2) is 8.76. The number of phenols is 1. The summed E-state index contributed by atoms with van der Waals surface area (Å²) in [7, 11) is 1.93. The minimum absolute atomic E-state index is 0.0438. The van der Waals surface area contributed by atoms with Crippen LogP contribution >= 0.6 is 0 Å². The monoisotopic (exact) mass is 498 g/mol. The van der Waals surface area contributed by atoms with E-state index in [9.17, 15) is 14.8 Å². The van der Waals surface area contributed by atoms with Crippen molar-refractivity contribution in [1.82, 2.24) is 15.2 Å². The van der Waals surface area contributed by atoms with E-state index in [2.05, 4.69) is 21.3 Å². The number of piperazine rings is 1. The van der Waals surface area contributed by atoms with Gasteiger partial charge in [-0.15, -0.1) is 0 Å². The van der Waals surface area contributed by atoms with Crippen molar-refractivity contribution in [3.05, 3.63) is 71.9 Å². The molecule has 4 heterocycles. The van der Waals surface area contributed by atoms with Crippen molar-refractivity contribution < 1.29 is 14.2 Å². The van der Waals surface area contributed by atoms with Crippen LogP contribution in [0.3, 0.4) is 0 Å². The van der Waals surface area contributed by atoms with Gasteiger partial charge in [0.05, 0.1) is 11.3 Å². The number of epoxide rings is 1. The molecule has 8 nitrogen and oxygen atoms in total. The van der Waals surface area contributed by atoms with E-state index in [1.807, 2.05) is 48.3 Å². The highest BCUT2D eigenvalue weighted by Crippen LogP contribution is 2.46. The number of nitrogens with one attached hydrogen (secondary N) is 1. The topological polar surface area (TPSA) is 91.2 Å². The first kappa shape index (κ1) is 23.3. The number of rotatable bonds is 4. The van der Waals surface area contributed by atoms with E-state index in [4.69, 9.17) is 4.74 Å². The van der Waals surface area contributed by atoms with Gasteiger partial charge < -0.3 is 25.0 Å². The first-order chi connectivity index (χ1) is 17.9. The van der Waals surface area contributed by atoms with E-state index in [0.717, 1.165) is 43.2 Å². The molecular formula is C28H27FN6O2. The normalized spacial score (nSPS) is 20.5. The SMILES string of the molecule is Cc1cc(-c2cc(F)cc(-c3ccnc(N4CCNCC4)c3)c2O)cc(C#N)c1N1C=CN(C)C12CO2. The van der Waals surface area contributed by atoms with Crippen LogP contribution in [0.15, 0.2) is 55.0 Å². The third-order valence-corrected chi connectivity index (χ3v) is 7.31. The summed E-state index contributed by atoms with van der Waals surface area (Å²) >= 11 is 0. The number of hydrogen-bond donors (Lipinski definition) is 2. The number of aryl methyl sites for hydroxylation is 1. The Labute approximate surface area is 214 Å². The molecule has 0 aliphatic carbocycles. The number of nitrogens with zero attached hydrogens (tertiary/aromatic N) is 5. The summed E-state index contributed by atoms with van der Waals surface area (Å²) < 4.78 is 20.7. The standard InChI is InChI=1S/C28H27FN6O2/c1-18-11-20(12-21(16-30)26(18)35-10-9-33(2)28(35)17-37-28)24-15-22(29)14-23(27(24)36)19-3-4-32-25(13-19)34-7-5-31-6-8-34/h3-4,9-15,31,36H,5-8,17H2,1-2H3. The Morgan fingerprint density at radius 2 is 1.84 bits per heavy atom. The molecule has 188 valence electrons. The minimum Gasteiger partial charge on any atom is -0.507 e. The summed E-state index contributed by atoms with van der Waals surface area (Å²) in [4.78, 5) is 10.6. The molecule has 3 aliphatic rings. The van der Waals surface area contributed by atoms with E-state index in [1.165, 1.54) is 12.1 Å². The van der Waals surface area contributed by atoms with Gasteiger partial charge in [0.2, 0.25) is 5.85 Å². The van der Waals surface area contributed by atoms with Crippen molar-refractivity contribution in [1.29, 1.82) is 5.26 Å². The van der Waals surface area contributed by atoms with Crippen LogP contribution in [-0.4, -0.2) is 60.7 Å². The maximum Gasteiger partial charge on any atom is 0.249 e. The van der Waals surface area contributed by atoms with Crippen LogP contribution in [0.5, 0.6) is 5.75 Å². The predicted octanol–water partition coefficient (Wildman–Crippen LogP) is 3.76. The zero-order valence-electron chi connectivity index (χ0n) is 20.7. The van der Waals surface area contributed by atoms with Gasteiger partial charge in [0, 0.05) is 63.0 Å². The molecule has 2 saturated heterocycles. The van der Waals surface area contributed by atoms with E-state index < -0.39 is 11.7 Å². The van der Waals surface area contributed by atoms with Crippen molar-refractivity contribution in [2.45, 2.75) is 12.8 Å². The number of benzene rings is 2. The van der Waals surface area contributed by atoms with Gasteiger partial charge in [0.1, 0.15) is 30.1 Å². The molecule has 1 atom stereocenters. The van der Waals surface area contributed by atoms with Crippen LogP contribution in [0.4, 0.5) is 15.9 Å². The number of ether oxygens (including phenoxy) is 1. The Morgan fingerprint density at radius 3 is 2.54 bits per heavy atom. The van der Waals surface area contributed by atoms with Crippen molar-refractivity contribution in [3.63, 3.8) is 0 Å². The lowest BCUT2D eigenvalue weighted by atomic mass is 9.94. The Kier molecular flexibility index (Phi) is 5.51. The average molecular weight is 499 g/mol. The molecule has 9 heteroatoms. The van der Waals surface area contributed by atoms with E-state index in [0.29, 0.717) is 34.4 Å². The number of aromatic nitrogens is 1. The number of anilines is 2. The van der Waals surface area contributed by atoms with E-state index in [1.54, 1.807) is 18.3 Å². The highest BCUT2D eigenvalue weighted by molar-refractivity contribution is 5.85. The molecule has 2 N–H and O–H groups in total. The van der Waals surface area contributed by atoms with Gasteiger partial charge in [-0.1, -0.05) is 0 Å². The van der Waals surface area contributed by atoms with E-state index in [-0.39, 0.29) is 5.75 Å². The maximum absolute atomic E-state index is 14.9. The molecule has 0 saturated carbocycles. The van der Waals surface area contributed by atoms with Crippen molar-refractivity contribution in [3.8, 4) is 34.1 Å². The minimum atomic E-state index is -0.602. The Bertz CT molecular complexity index is 1460. The summed E-state index contributed by atoms with van der Waals surface area (Å²) in [5, 5.41) is 24.7. The van der Waals surface area contributed by atoms with Gasteiger partial charge >= 0.3 is 0 Å². The molecule has 1 aromatic heterocycles. The van der Waals surface area contributed by atoms with Gasteiger partial charge in [-0.2, -0.15) is 5.26 Å². The van der Waals surface area contributed by atoms with Crippen molar-refractivity contribution in [2.24, 2.45) is 0 Å². The fourth-order valence-corrected chi connectivity index (χ4v) is 5.26. The lowest BCUT2D eigenvalue weighted by Crippen LogP contribution is -2.43. The third kappa shape index (κ3) is 3.86. The number of phenolic OH excluding ortho intramolecular Hbond substituents is 1. The smallest absolute Gasteiger partial charge is 0.249 e. The molecule has 1 spiro atoms. The van der Waals surface area contributed by atoms with Crippen molar-refractivity contribution >= 4 is 11.5 Å². The number of nitriles is 1. The van der Waals surface area contributed by atoms with Crippen LogP contribution < -0.4 is 15.1 Å². The summed E-state index contributed by atoms with van der Waals surface area (Å²) in [5.74, 6) is -0.332. The number of aromatic hydroxyl groups is 1. The summed E-state index contributed by atoms with van der Waals surface area (Å²) in [5.41, 5.74) is 3.91. The van der Waals surface area contributed by atoms with E-state index >= 15 is 0 Å². The maximum atomic E-state index is 14.9. The Balaban J connectivity index is 1.42. The quantitative estimate of drug-likeness (QED) is 0.526. The largest absolute Gasteiger partial charge is 0.507 e. The molecular weight excluding hydrogens is 471 g/mol. The summed E-state index contributed by atoms with van der Waals surface area (Å²) in [6.07, 6.45) is 5.49. The van der Waals surface area contributed by atoms with Gasteiger partial charge in [0.15, 0.2) is 0 Å². The lowest BCUT2D eigenvalue weighted by molar-refractivity contribution is 0.172. The molecule has 2 fully saturated rings. The molecule has 37 heavy (non-hydrogen) atoms. The zero-order chi connectivity index (χ0) is 25.7. The van der Waals surface area contributed by atoms with Gasteiger partial charge in [-0.05, 0) is 60.0 Å². The molecule has 3 aromatic rings. The zero-order valence-corrected chi connectivity index (χ0v) is 20.7. The lowest BCUT2D eigenvalue weighted by Gasteiger charge is -2.29. The molecule has 0 radical (unpaired) electrons. The predicted molar refractivity (Wildman–Crippen MR) is 139 cm³/mol. The van der Waals surface area contributed by atoms with Crippen LogP contribution in [0.1, 0.15) is 11.1 Å². The van der Waals surface area contributed by atoms with Crippen LogP contribution in [0.2, 0.25) is 0 Å². The molecule has 3 aliphatic heterocycles. The fraction of sp³-hybridized carbons (Fsp3) is 0.286. The average Bonchev–Trinajstić information content (AvgIpc) is 3.66. The van der Waals surface area contributed by atoms with Crippen LogP contribution in [0, 0.1) is 24.1 Å². The molecule has 0 bridgehead atoms. The first-order valence-electron chi connectivity index (χ1n) is 12.3. The fourth-order valence-electron chi connectivity index (χ4n) is 5.26. The third-order valence-electron chi connectivity index (χ3n) is 7.31. The summed E-state index contributed by atoms with van der Waals surface area (Å²) in [6, 6.07) is 12.1. The molecule has 1 unspecified atom stereocenters. The van der Waals surface area contributed by atoms with Crippen LogP contribution in [-0.2, 0) is 4.74 Å². The number of pyridine rings is 1. The number of hydrogen-bond acceptors (Lipinski definition) is 8. The first-order valence-corrected chi connectivity index (χ1v) is 12.3. The second-order valence-electron chi connectivity index (χ2n) is 9.60. The van der Waals surface area contributed by atoms with Crippen LogP contribution in [0.25, 0.3) is 22.3 Å². The highest BCUT2D eigenvalue weighted by atomic mass is 19.1. The van der Waals surface area contributed by atoms with Gasteiger partial charge in [-0.3, -0.25) is 4.90 Å². The number of halogens is 1. The second-order valence-corrected chi connectivity index (χ2v) is 9.60. The Hall–Kier alpha value is -4.13. The Morgan fingerprint density at radius 1 is 1.11 bits per heavy atom. The summed E-state index contributed by atoms with van der Waals surface area (Å²) in [6.45, 7) is 5.82. The number of likely N-dealkylation sites (N-methyl/N-ethyl adjacent to an activating group) is 1.